The molecule has 2 aliphatic heterocycles. The van der Waals surface area contributed by atoms with E-state index in [0.717, 1.165) is 0 Å². The normalized spacial score (nSPS) is 42.3. The number of rotatable bonds is 1. The number of aliphatic imine (C=N–C) groups is 1. The first-order chi connectivity index (χ1) is 7.54. The van der Waals surface area contributed by atoms with E-state index in [2.05, 4.69) is 4.99 Å². The van der Waals surface area contributed by atoms with Crippen LogP contribution in [0.15, 0.2) is 4.99 Å². The number of hydrogen-bond donors (Lipinski definition) is 3. The van der Waals surface area contributed by atoms with E-state index in [4.69, 9.17) is 9.84 Å². The number of hydrogen-bond acceptors (Lipinski definition) is 7. The fraction of sp³-hybridized carbons (Fsp3) is 0.889. The fourth-order valence-electron chi connectivity index (χ4n) is 1.78. The lowest BCUT2D eigenvalue weighted by atomic mass is 10.0. The topological polar surface area (TPSA) is 85.5 Å². The van der Waals surface area contributed by atoms with Crippen LogP contribution in [0.5, 0.6) is 0 Å². The van der Waals surface area contributed by atoms with E-state index in [1.54, 1.807) is 19.0 Å². The van der Waals surface area contributed by atoms with Gasteiger partial charge in [-0.25, -0.2) is 4.99 Å². The molecule has 92 valence electrons. The Morgan fingerprint density at radius 2 is 2.06 bits per heavy atom. The predicted octanol–water partition coefficient (Wildman–Crippen LogP) is -1.54. The maximum Gasteiger partial charge on any atom is 0.288 e. The van der Waals surface area contributed by atoms with Crippen LogP contribution in [0.4, 0.5) is 0 Å². The number of aliphatic hydroxyl groups excluding tert-OH is 3. The Kier molecular flexibility index (Phi) is 3.29. The van der Waals surface area contributed by atoms with Gasteiger partial charge in [0.25, 0.3) is 6.02 Å². The van der Waals surface area contributed by atoms with Crippen molar-refractivity contribution in [3.63, 3.8) is 0 Å². The molecule has 0 bridgehead atoms. The minimum atomic E-state index is -0.985. The van der Waals surface area contributed by atoms with Crippen molar-refractivity contribution in [2.75, 3.05) is 20.7 Å². The van der Waals surface area contributed by atoms with Gasteiger partial charge in [0.15, 0.2) is 5.44 Å². The first-order valence-electron chi connectivity index (χ1n) is 5.09. The number of fused-ring (bicyclic) bond motifs is 1. The molecule has 0 aromatic carbocycles. The number of thioether (sulfide) groups is 1. The molecule has 0 saturated carbocycles. The zero-order chi connectivity index (χ0) is 11.9. The Labute approximate surface area is 97.9 Å². The molecule has 3 N–H and O–H groups in total. The van der Waals surface area contributed by atoms with Crippen LogP contribution in [0.2, 0.25) is 0 Å². The lowest BCUT2D eigenvalue weighted by Gasteiger charge is -2.36. The van der Waals surface area contributed by atoms with Crippen LogP contribution in [0.25, 0.3) is 0 Å². The van der Waals surface area contributed by atoms with Gasteiger partial charge in [-0.05, 0) is 0 Å². The Morgan fingerprint density at radius 3 is 2.62 bits per heavy atom. The van der Waals surface area contributed by atoms with Crippen LogP contribution in [0.1, 0.15) is 0 Å². The van der Waals surface area contributed by atoms with Gasteiger partial charge in [-0.2, -0.15) is 0 Å². The summed E-state index contributed by atoms with van der Waals surface area (Å²) < 4.78 is 5.53. The third-order valence-corrected chi connectivity index (χ3v) is 4.13. The van der Waals surface area contributed by atoms with Crippen LogP contribution in [-0.4, -0.2) is 75.9 Å². The fourth-order valence-corrected chi connectivity index (χ4v) is 3.06. The van der Waals surface area contributed by atoms with Crippen LogP contribution < -0.4 is 0 Å². The smallest absolute Gasteiger partial charge is 0.288 e. The average molecular weight is 248 g/mol. The summed E-state index contributed by atoms with van der Waals surface area (Å²) in [6.45, 7) is -0.188. The highest BCUT2D eigenvalue weighted by Gasteiger charge is 2.48. The van der Waals surface area contributed by atoms with Gasteiger partial charge in [-0.1, -0.05) is 0 Å². The summed E-state index contributed by atoms with van der Waals surface area (Å²) in [4.78, 5) is 5.93. The van der Waals surface area contributed by atoms with Gasteiger partial charge in [0, 0.05) is 14.1 Å². The van der Waals surface area contributed by atoms with E-state index >= 15 is 0 Å². The first kappa shape index (κ1) is 12.0. The summed E-state index contributed by atoms with van der Waals surface area (Å²) in [5, 5.41) is 28.3. The standard InChI is InChI=1S/C9H16N2O4S/c1-11(2)9-10-5-7(14)6(13)4(3-12)16-8(5)15-9/h4-8,12-14H,3H2,1-2H3/t4?,5?,6?,7?,8-/m1/s1. The molecule has 2 rings (SSSR count). The van der Waals surface area contributed by atoms with Gasteiger partial charge in [0.1, 0.15) is 12.1 Å². The highest BCUT2D eigenvalue weighted by molar-refractivity contribution is 8.00. The van der Waals surface area contributed by atoms with Crippen molar-refractivity contribution in [3.8, 4) is 0 Å². The zero-order valence-corrected chi connectivity index (χ0v) is 9.96. The second kappa shape index (κ2) is 4.40. The lowest BCUT2D eigenvalue weighted by Crippen LogP contribution is -2.52. The van der Waals surface area contributed by atoms with Gasteiger partial charge >= 0.3 is 0 Å². The quantitative estimate of drug-likeness (QED) is 0.521. The summed E-state index contributed by atoms with van der Waals surface area (Å²) in [6, 6.07) is -0.00691. The van der Waals surface area contributed by atoms with Gasteiger partial charge in [-0.15, -0.1) is 11.8 Å². The maximum absolute atomic E-state index is 9.87. The summed E-state index contributed by atoms with van der Waals surface area (Å²) in [5.41, 5.74) is -0.326. The molecule has 4 unspecified atom stereocenters. The van der Waals surface area contributed by atoms with Crippen LogP contribution in [-0.2, 0) is 4.74 Å². The molecule has 1 fully saturated rings. The molecule has 5 atom stereocenters. The number of aliphatic hydroxyl groups is 3. The van der Waals surface area contributed by atoms with Crippen molar-refractivity contribution in [3.05, 3.63) is 0 Å². The third-order valence-electron chi connectivity index (χ3n) is 2.71. The Morgan fingerprint density at radius 1 is 1.38 bits per heavy atom. The molecular weight excluding hydrogens is 232 g/mol. The molecule has 1 saturated heterocycles. The lowest BCUT2D eigenvalue weighted by molar-refractivity contribution is -0.0194. The van der Waals surface area contributed by atoms with Crippen molar-refractivity contribution >= 4 is 17.8 Å². The van der Waals surface area contributed by atoms with Crippen LogP contribution >= 0.6 is 11.8 Å². The van der Waals surface area contributed by atoms with E-state index in [9.17, 15) is 10.2 Å². The molecule has 0 aromatic rings. The SMILES string of the molecule is CN(C)C1=NC2C(O)C(O)C(CO)S[C@H]2O1. The van der Waals surface area contributed by atoms with Crippen molar-refractivity contribution < 1.29 is 20.1 Å². The second-order valence-electron chi connectivity index (χ2n) is 4.12. The first-order valence-corrected chi connectivity index (χ1v) is 6.03. The number of nitrogens with zero attached hydrogens (tertiary/aromatic N) is 2. The van der Waals surface area contributed by atoms with E-state index in [1.807, 2.05) is 0 Å². The largest absolute Gasteiger partial charge is 0.448 e. The van der Waals surface area contributed by atoms with E-state index in [0.29, 0.717) is 6.02 Å². The van der Waals surface area contributed by atoms with Gasteiger partial charge in [-0.3, -0.25) is 0 Å². The molecule has 6 nitrogen and oxygen atoms in total. The van der Waals surface area contributed by atoms with Crippen molar-refractivity contribution in [1.29, 1.82) is 0 Å². The molecule has 0 spiro atoms. The van der Waals surface area contributed by atoms with Crippen molar-refractivity contribution in [2.24, 2.45) is 4.99 Å². The Balaban J connectivity index is 2.14. The van der Waals surface area contributed by atoms with Crippen LogP contribution in [0, 0.1) is 0 Å². The molecule has 2 aliphatic rings. The summed E-state index contributed by atoms with van der Waals surface area (Å²) >= 11 is 1.31. The molecule has 0 aliphatic carbocycles. The molecular formula is C9H16N2O4S. The molecule has 0 aromatic heterocycles. The van der Waals surface area contributed by atoms with Gasteiger partial charge in [0.05, 0.1) is 18.0 Å². The minimum Gasteiger partial charge on any atom is -0.448 e. The molecule has 7 heteroatoms. The molecule has 0 amide bonds. The average Bonchev–Trinajstić information content (AvgIpc) is 2.67. The summed E-state index contributed by atoms with van der Waals surface area (Å²) in [5.74, 6) is 0. The zero-order valence-electron chi connectivity index (χ0n) is 9.15. The van der Waals surface area contributed by atoms with E-state index < -0.39 is 23.5 Å². The Bertz CT molecular complexity index is 299. The van der Waals surface area contributed by atoms with Gasteiger partial charge < -0.3 is 25.0 Å². The summed E-state index contributed by atoms with van der Waals surface area (Å²) in [7, 11) is 3.60. The van der Waals surface area contributed by atoms with Crippen LogP contribution in [0.3, 0.4) is 0 Å². The second-order valence-corrected chi connectivity index (χ2v) is 5.46. The summed E-state index contributed by atoms with van der Waals surface area (Å²) in [6.07, 6.45) is -1.95. The highest BCUT2D eigenvalue weighted by Crippen LogP contribution is 2.38. The number of ether oxygens (including phenoxy) is 1. The van der Waals surface area contributed by atoms with Crippen molar-refractivity contribution in [2.45, 2.75) is 28.9 Å². The van der Waals surface area contributed by atoms with E-state index in [-0.39, 0.29) is 12.0 Å². The third kappa shape index (κ3) is 1.88. The highest BCUT2D eigenvalue weighted by atomic mass is 32.2. The maximum atomic E-state index is 9.87. The van der Waals surface area contributed by atoms with Crippen molar-refractivity contribution in [1.82, 2.24) is 4.90 Å². The predicted molar refractivity (Wildman–Crippen MR) is 60.3 cm³/mol. The molecule has 0 radical (unpaired) electrons. The number of amidine groups is 1. The molecule has 2 heterocycles. The van der Waals surface area contributed by atoms with E-state index in [1.165, 1.54) is 11.8 Å². The monoisotopic (exact) mass is 248 g/mol. The Hall–Kier alpha value is -0.500. The molecule has 16 heavy (non-hydrogen) atoms. The van der Waals surface area contributed by atoms with Gasteiger partial charge in [0.2, 0.25) is 0 Å². The minimum absolute atomic E-state index is 0.188.